The normalized spacial score (nSPS) is 15.2. The minimum Gasteiger partial charge on any atom is -0.337 e. The van der Waals surface area contributed by atoms with Crippen molar-refractivity contribution in [2.75, 3.05) is 13.1 Å². The van der Waals surface area contributed by atoms with Gasteiger partial charge < -0.3 is 9.88 Å². The third-order valence-corrected chi connectivity index (χ3v) is 5.01. The predicted octanol–water partition coefficient (Wildman–Crippen LogP) is 1.70. The van der Waals surface area contributed by atoms with E-state index in [1.165, 1.54) is 17.4 Å². The van der Waals surface area contributed by atoms with Crippen LogP contribution in [-0.2, 0) is 0 Å². The van der Waals surface area contributed by atoms with Crippen molar-refractivity contribution in [3.05, 3.63) is 57.3 Å². The van der Waals surface area contributed by atoms with Crippen LogP contribution in [0.25, 0.3) is 11.5 Å². The van der Waals surface area contributed by atoms with Gasteiger partial charge in [-0.1, -0.05) is 0 Å². The SMILES string of the molecule is O=C(c1cscn1)N1CCC(c2cc(=O)[nH]c(-c3cnccn3)n2)CC1. The van der Waals surface area contributed by atoms with Gasteiger partial charge in [0.2, 0.25) is 0 Å². The van der Waals surface area contributed by atoms with E-state index in [-0.39, 0.29) is 17.4 Å². The molecule has 26 heavy (non-hydrogen) atoms. The molecule has 1 aliphatic rings. The van der Waals surface area contributed by atoms with Gasteiger partial charge in [0.05, 0.1) is 17.4 Å². The Balaban J connectivity index is 1.50. The van der Waals surface area contributed by atoms with E-state index in [1.54, 1.807) is 29.5 Å². The predicted molar refractivity (Wildman–Crippen MR) is 95.9 cm³/mol. The second-order valence-electron chi connectivity index (χ2n) is 6.05. The molecule has 132 valence electrons. The van der Waals surface area contributed by atoms with Crippen LogP contribution in [0.2, 0.25) is 0 Å². The Morgan fingerprint density at radius 3 is 2.77 bits per heavy atom. The van der Waals surface area contributed by atoms with E-state index in [2.05, 4.69) is 24.9 Å². The molecule has 3 aromatic heterocycles. The molecule has 0 atom stereocenters. The highest BCUT2D eigenvalue weighted by molar-refractivity contribution is 7.07. The van der Waals surface area contributed by atoms with Gasteiger partial charge >= 0.3 is 0 Å². The van der Waals surface area contributed by atoms with E-state index in [9.17, 15) is 9.59 Å². The molecule has 3 aromatic rings. The number of likely N-dealkylation sites (tertiary alicyclic amines) is 1. The van der Waals surface area contributed by atoms with Crippen LogP contribution in [0.1, 0.15) is 34.9 Å². The number of hydrogen-bond acceptors (Lipinski definition) is 7. The molecule has 0 unspecified atom stereocenters. The van der Waals surface area contributed by atoms with Crippen molar-refractivity contribution >= 4 is 17.2 Å². The number of thiazole rings is 1. The number of rotatable bonds is 3. The Hall–Kier alpha value is -2.94. The summed E-state index contributed by atoms with van der Waals surface area (Å²) in [6, 6.07) is 1.53. The Kier molecular flexibility index (Phi) is 4.53. The number of carbonyl (C=O) groups is 1. The molecule has 0 aliphatic carbocycles. The van der Waals surface area contributed by atoms with E-state index in [0.717, 1.165) is 18.5 Å². The van der Waals surface area contributed by atoms with E-state index >= 15 is 0 Å². The van der Waals surface area contributed by atoms with Crippen LogP contribution in [0.4, 0.5) is 0 Å². The number of nitrogens with zero attached hydrogens (tertiary/aromatic N) is 5. The minimum atomic E-state index is -0.211. The molecule has 0 radical (unpaired) electrons. The number of carbonyl (C=O) groups excluding carboxylic acids is 1. The van der Waals surface area contributed by atoms with Crippen molar-refractivity contribution in [3.8, 4) is 11.5 Å². The average molecular weight is 368 g/mol. The van der Waals surface area contributed by atoms with Gasteiger partial charge in [0.1, 0.15) is 11.4 Å². The lowest BCUT2D eigenvalue weighted by molar-refractivity contribution is 0.0707. The summed E-state index contributed by atoms with van der Waals surface area (Å²) < 4.78 is 0. The molecule has 0 aromatic carbocycles. The molecule has 8 nitrogen and oxygen atoms in total. The van der Waals surface area contributed by atoms with Gasteiger partial charge in [0.15, 0.2) is 5.82 Å². The van der Waals surface area contributed by atoms with E-state index in [0.29, 0.717) is 30.3 Å². The topological polar surface area (TPSA) is 105 Å². The standard InChI is InChI=1S/C17H16N6O2S/c24-15-7-12(21-16(22-15)13-8-18-3-4-19-13)11-1-5-23(6-2-11)17(25)14-9-26-10-20-14/h3-4,7-11H,1-2,5-6H2,(H,21,22,24). The molecule has 1 fully saturated rings. The Bertz CT molecular complexity index is 949. The van der Waals surface area contributed by atoms with Crippen molar-refractivity contribution in [2.24, 2.45) is 0 Å². The molecule has 0 saturated carbocycles. The van der Waals surface area contributed by atoms with Crippen LogP contribution in [0.3, 0.4) is 0 Å². The molecule has 9 heteroatoms. The van der Waals surface area contributed by atoms with E-state index in [4.69, 9.17) is 0 Å². The highest BCUT2D eigenvalue weighted by Crippen LogP contribution is 2.27. The lowest BCUT2D eigenvalue weighted by Crippen LogP contribution is -2.38. The van der Waals surface area contributed by atoms with Crippen molar-refractivity contribution < 1.29 is 4.79 Å². The molecule has 1 saturated heterocycles. The minimum absolute atomic E-state index is 0.0381. The van der Waals surface area contributed by atoms with Gasteiger partial charge in [-0.3, -0.25) is 14.6 Å². The van der Waals surface area contributed by atoms with Gasteiger partial charge in [0, 0.05) is 42.8 Å². The summed E-state index contributed by atoms with van der Waals surface area (Å²) in [5, 5.41) is 1.76. The zero-order valence-corrected chi connectivity index (χ0v) is 14.6. The number of hydrogen-bond donors (Lipinski definition) is 1. The first-order valence-electron chi connectivity index (χ1n) is 8.26. The number of H-pyrrole nitrogens is 1. The van der Waals surface area contributed by atoms with E-state index < -0.39 is 0 Å². The summed E-state index contributed by atoms with van der Waals surface area (Å²) in [5.41, 5.74) is 3.20. The third-order valence-electron chi connectivity index (χ3n) is 4.42. The zero-order valence-electron chi connectivity index (χ0n) is 13.8. The number of piperidine rings is 1. The summed E-state index contributed by atoms with van der Waals surface area (Å²) in [7, 11) is 0. The second-order valence-corrected chi connectivity index (χ2v) is 6.77. The van der Waals surface area contributed by atoms with Crippen LogP contribution >= 0.6 is 11.3 Å². The third kappa shape index (κ3) is 3.38. The Labute approximate surface area is 153 Å². The highest BCUT2D eigenvalue weighted by Gasteiger charge is 2.26. The molecule has 0 spiro atoms. The van der Waals surface area contributed by atoms with Gasteiger partial charge in [-0.25, -0.2) is 15.0 Å². The fraction of sp³-hybridized carbons (Fsp3) is 0.294. The summed E-state index contributed by atoms with van der Waals surface area (Å²) in [5.74, 6) is 0.512. The van der Waals surface area contributed by atoms with Crippen LogP contribution in [0.5, 0.6) is 0 Å². The molecular formula is C17H16N6O2S. The second kappa shape index (κ2) is 7.12. The first-order chi connectivity index (χ1) is 12.7. The maximum atomic E-state index is 12.4. The van der Waals surface area contributed by atoms with Crippen molar-refractivity contribution in [1.29, 1.82) is 0 Å². The molecule has 4 heterocycles. The smallest absolute Gasteiger partial charge is 0.273 e. The summed E-state index contributed by atoms with van der Waals surface area (Å²) in [6.07, 6.45) is 6.21. The summed E-state index contributed by atoms with van der Waals surface area (Å²) >= 11 is 1.41. The molecule has 4 rings (SSSR count). The van der Waals surface area contributed by atoms with Gasteiger partial charge in [-0.15, -0.1) is 11.3 Å². The first-order valence-corrected chi connectivity index (χ1v) is 9.20. The fourth-order valence-corrected chi connectivity index (χ4v) is 3.61. The Morgan fingerprint density at radius 2 is 2.08 bits per heavy atom. The van der Waals surface area contributed by atoms with Gasteiger partial charge in [-0.2, -0.15) is 0 Å². The number of aromatic nitrogens is 5. The van der Waals surface area contributed by atoms with Gasteiger partial charge in [0.25, 0.3) is 11.5 Å². The monoisotopic (exact) mass is 368 g/mol. The molecule has 1 amide bonds. The van der Waals surface area contributed by atoms with Crippen molar-refractivity contribution in [1.82, 2.24) is 29.8 Å². The lowest BCUT2D eigenvalue weighted by atomic mass is 9.93. The van der Waals surface area contributed by atoms with Crippen LogP contribution in [-0.4, -0.2) is 48.8 Å². The van der Waals surface area contributed by atoms with Gasteiger partial charge in [-0.05, 0) is 12.8 Å². The number of aromatic amines is 1. The number of amides is 1. The van der Waals surface area contributed by atoms with Crippen LogP contribution < -0.4 is 5.56 Å². The maximum Gasteiger partial charge on any atom is 0.273 e. The number of nitrogens with one attached hydrogen (secondary N) is 1. The molecule has 1 N–H and O–H groups in total. The van der Waals surface area contributed by atoms with Crippen LogP contribution in [0, 0.1) is 0 Å². The summed E-state index contributed by atoms with van der Waals surface area (Å²) in [6.45, 7) is 1.24. The summed E-state index contributed by atoms with van der Waals surface area (Å²) in [4.78, 5) is 45.8. The maximum absolute atomic E-state index is 12.4. The lowest BCUT2D eigenvalue weighted by Gasteiger charge is -2.31. The molecule has 1 aliphatic heterocycles. The highest BCUT2D eigenvalue weighted by atomic mass is 32.1. The fourth-order valence-electron chi connectivity index (χ4n) is 3.09. The molecular weight excluding hydrogens is 352 g/mol. The van der Waals surface area contributed by atoms with Crippen LogP contribution in [0.15, 0.2) is 40.3 Å². The first kappa shape index (κ1) is 16.5. The quantitative estimate of drug-likeness (QED) is 0.754. The molecule has 0 bridgehead atoms. The average Bonchev–Trinajstić information content (AvgIpc) is 3.22. The van der Waals surface area contributed by atoms with Crippen molar-refractivity contribution in [2.45, 2.75) is 18.8 Å². The van der Waals surface area contributed by atoms with E-state index in [1.807, 2.05) is 4.90 Å². The largest absolute Gasteiger partial charge is 0.337 e. The van der Waals surface area contributed by atoms with Crippen molar-refractivity contribution in [3.63, 3.8) is 0 Å². The Morgan fingerprint density at radius 1 is 1.23 bits per heavy atom. The zero-order chi connectivity index (χ0) is 17.9.